The fourth-order valence-electron chi connectivity index (χ4n) is 3.35. The molecule has 3 rings (SSSR count). The first-order valence-corrected chi connectivity index (χ1v) is 10.4. The lowest BCUT2D eigenvalue weighted by Gasteiger charge is -2.28. The Morgan fingerprint density at radius 2 is 1.85 bits per heavy atom. The van der Waals surface area contributed by atoms with Crippen molar-refractivity contribution in [3.63, 3.8) is 0 Å². The number of aryl methyl sites for hydroxylation is 3. The van der Waals surface area contributed by atoms with Crippen LogP contribution in [0.15, 0.2) is 36.4 Å². The van der Waals surface area contributed by atoms with Crippen molar-refractivity contribution < 1.29 is 13.2 Å². The summed E-state index contributed by atoms with van der Waals surface area (Å²) in [6.07, 6.45) is 1.09. The highest BCUT2D eigenvalue weighted by molar-refractivity contribution is 7.91. The van der Waals surface area contributed by atoms with Crippen molar-refractivity contribution in [1.29, 1.82) is 0 Å². The van der Waals surface area contributed by atoms with E-state index in [0.29, 0.717) is 25.1 Å². The van der Waals surface area contributed by atoms with E-state index in [1.165, 1.54) is 0 Å². The molecule has 0 bridgehead atoms. The standard InChI is InChI=1S/C20H24N2O3S/c1-4-22-19-9-8-18(12-16(19)7-10-20(22)23)21-26(24,25)13-17-11-14(2)5-6-15(17)3/h5-6,8-9,11-12,21H,4,7,10,13H2,1-3H3. The number of hydrogen-bond donors (Lipinski definition) is 1. The maximum Gasteiger partial charge on any atom is 0.236 e. The van der Waals surface area contributed by atoms with Crippen molar-refractivity contribution in [2.24, 2.45) is 0 Å². The predicted molar refractivity (Wildman–Crippen MR) is 105 cm³/mol. The summed E-state index contributed by atoms with van der Waals surface area (Å²) in [7, 11) is -3.51. The van der Waals surface area contributed by atoms with Gasteiger partial charge in [-0.3, -0.25) is 9.52 Å². The SMILES string of the molecule is CCN1C(=O)CCc2cc(NS(=O)(=O)Cc3cc(C)ccc3C)ccc21. The molecule has 0 aliphatic carbocycles. The molecule has 138 valence electrons. The first-order valence-electron chi connectivity index (χ1n) is 8.79. The Kier molecular flexibility index (Phi) is 5.05. The summed E-state index contributed by atoms with van der Waals surface area (Å²) in [6.45, 7) is 6.42. The summed E-state index contributed by atoms with van der Waals surface area (Å²) in [5.74, 6) is 0.0558. The fourth-order valence-corrected chi connectivity index (χ4v) is 4.62. The molecule has 0 radical (unpaired) electrons. The van der Waals surface area contributed by atoms with Crippen LogP contribution < -0.4 is 9.62 Å². The normalized spacial score (nSPS) is 14.3. The number of rotatable bonds is 5. The zero-order valence-corrected chi connectivity index (χ0v) is 16.2. The monoisotopic (exact) mass is 372 g/mol. The van der Waals surface area contributed by atoms with E-state index in [1.54, 1.807) is 11.0 Å². The second-order valence-electron chi connectivity index (χ2n) is 6.77. The second-order valence-corrected chi connectivity index (χ2v) is 8.49. The first kappa shape index (κ1) is 18.5. The molecule has 2 aromatic rings. The van der Waals surface area contributed by atoms with Gasteiger partial charge in [0.05, 0.1) is 5.75 Å². The van der Waals surface area contributed by atoms with Crippen LogP contribution in [0, 0.1) is 13.8 Å². The van der Waals surface area contributed by atoms with Gasteiger partial charge in [0.1, 0.15) is 0 Å². The maximum absolute atomic E-state index is 12.6. The lowest BCUT2D eigenvalue weighted by atomic mass is 10.0. The molecule has 0 atom stereocenters. The number of benzene rings is 2. The third kappa shape index (κ3) is 3.90. The first-order chi connectivity index (χ1) is 12.3. The highest BCUT2D eigenvalue weighted by atomic mass is 32.2. The molecule has 26 heavy (non-hydrogen) atoms. The Balaban J connectivity index is 1.82. The Morgan fingerprint density at radius 3 is 2.58 bits per heavy atom. The number of amides is 1. The van der Waals surface area contributed by atoms with E-state index in [4.69, 9.17) is 0 Å². The Labute approximate surface area is 155 Å². The van der Waals surface area contributed by atoms with Crippen LogP contribution in [0.5, 0.6) is 0 Å². The van der Waals surface area contributed by atoms with Gasteiger partial charge in [0, 0.05) is 24.3 Å². The summed E-state index contributed by atoms with van der Waals surface area (Å²) in [5.41, 5.74) is 5.22. The number of fused-ring (bicyclic) bond motifs is 1. The van der Waals surface area contributed by atoms with Crippen LogP contribution in [0.4, 0.5) is 11.4 Å². The summed E-state index contributed by atoms with van der Waals surface area (Å²) in [5, 5.41) is 0. The summed E-state index contributed by atoms with van der Waals surface area (Å²) in [4.78, 5) is 13.7. The number of nitrogens with zero attached hydrogens (tertiary/aromatic N) is 1. The number of carbonyl (C=O) groups is 1. The molecule has 0 spiro atoms. The zero-order valence-electron chi connectivity index (χ0n) is 15.4. The van der Waals surface area contributed by atoms with Gasteiger partial charge in [-0.25, -0.2) is 8.42 Å². The molecule has 0 unspecified atom stereocenters. The number of sulfonamides is 1. The van der Waals surface area contributed by atoms with E-state index >= 15 is 0 Å². The van der Waals surface area contributed by atoms with E-state index in [9.17, 15) is 13.2 Å². The van der Waals surface area contributed by atoms with E-state index in [1.807, 2.05) is 51.1 Å². The Morgan fingerprint density at radius 1 is 1.08 bits per heavy atom. The van der Waals surface area contributed by atoms with Crippen molar-refractivity contribution in [3.8, 4) is 0 Å². The van der Waals surface area contributed by atoms with Crippen LogP contribution in [0.25, 0.3) is 0 Å². The molecule has 0 fully saturated rings. The largest absolute Gasteiger partial charge is 0.312 e. The summed E-state index contributed by atoms with van der Waals surface area (Å²) in [6, 6.07) is 11.2. The quantitative estimate of drug-likeness (QED) is 0.873. The third-order valence-electron chi connectivity index (χ3n) is 4.72. The molecular weight excluding hydrogens is 348 g/mol. The van der Waals surface area contributed by atoms with Gasteiger partial charge in [-0.1, -0.05) is 23.8 Å². The molecule has 0 saturated carbocycles. The van der Waals surface area contributed by atoms with Crippen LogP contribution in [0.1, 0.15) is 35.6 Å². The van der Waals surface area contributed by atoms with E-state index in [2.05, 4.69) is 4.72 Å². The van der Waals surface area contributed by atoms with Gasteiger partial charge in [0.25, 0.3) is 0 Å². The Bertz CT molecular complexity index is 952. The highest BCUT2D eigenvalue weighted by Crippen LogP contribution is 2.30. The predicted octanol–water partition coefficient (Wildman–Crippen LogP) is 3.54. The van der Waals surface area contributed by atoms with Gasteiger partial charge in [-0.2, -0.15) is 0 Å². The molecule has 1 N–H and O–H groups in total. The van der Waals surface area contributed by atoms with Gasteiger partial charge in [0.2, 0.25) is 15.9 Å². The van der Waals surface area contributed by atoms with E-state index < -0.39 is 10.0 Å². The van der Waals surface area contributed by atoms with Crippen LogP contribution in [0.2, 0.25) is 0 Å². The molecular formula is C20H24N2O3S. The average molecular weight is 372 g/mol. The van der Waals surface area contributed by atoms with Crippen LogP contribution >= 0.6 is 0 Å². The zero-order chi connectivity index (χ0) is 18.9. The summed E-state index contributed by atoms with van der Waals surface area (Å²) < 4.78 is 27.9. The van der Waals surface area contributed by atoms with Gasteiger partial charge < -0.3 is 4.90 Å². The number of hydrogen-bond acceptors (Lipinski definition) is 3. The minimum Gasteiger partial charge on any atom is -0.312 e. The number of nitrogens with one attached hydrogen (secondary N) is 1. The van der Waals surface area contributed by atoms with Crippen molar-refractivity contribution in [2.75, 3.05) is 16.2 Å². The minimum absolute atomic E-state index is 0.0584. The van der Waals surface area contributed by atoms with Gasteiger partial charge in [-0.05, 0) is 62.1 Å². The van der Waals surface area contributed by atoms with Crippen molar-refractivity contribution in [2.45, 2.75) is 39.4 Å². The Hall–Kier alpha value is -2.34. The second kappa shape index (κ2) is 7.11. The molecule has 0 saturated heterocycles. The lowest BCUT2D eigenvalue weighted by molar-refractivity contribution is -0.118. The third-order valence-corrected chi connectivity index (χ3v) is 5.96. The highest BCUT2D eigenvalue weighted by Gasteiger charge is 2.23. The fraction of sp³-hybridized carbons (Fsp3) is 0.350. The molecule has 1 aliphatic heterocycles. The lowest BCUT2D eigenvalue weighted by Crippen LogP contribution is -2.34. The molecule has 5 nitrogen and oxygen atoms in total. The van der Waals surface area contributed by atoms with Crippen molar-refractivity contribution >= 4 is 27.3 Å². The van der Waals surface area contributed by atoms with Crippen molar-refractivity contribution in [3.05, 3.63) is 58.7 Å². The number of carbonyl (C=O) groups excluding carboxylic acids is 1. The van der Waals surface area contributed by atoms with E-state index in [0.717, 1.165) is 27.9 Å². The molecule has 1 aliphatic rings. The van der Waals surface area contributed by atoms with Crippen molar-refractivity contribution in [1.82, 2.24) is 0 Å². The topological polar surface area (TPSA) is 66.5 Å². The molecule has 1 amide bonds. The van der Waals surface area contributed by atoms with Gasteiger partial charge in [0.15, 0.2) is 0 Å². The van der Waals surface area contributed by atoms with Crippen LogP contribution in [0.3, 0.4) is 0 Å². The van der Waals surface area contributed by atoms with Gasteiger partial charge >= 0.3 is 0 Å². The molecule has 0 aromatic heterocycles. The van der Waals surface area contributed by atoms with Gasteiger partial charge in [-0.15, -0.1) is 0 Å². The van der Waals surface area contributed by atoms with Crippen LogP contribution in [-0.2, 0) is 27.0 Å². The minimum atomic E-state index is -3.51. The maximum atomic E-state index is 12.6. The molecule has 2 aromatic carbocycles. The summed E-state index contributed by atoms with van der Waals surface area (Å²) >= 11 is 0. The van der Waals surface area contributed by atoms with Crippen LogP contribution in [-0.4, -0.2) is 20.9 Å². The van der Waals surface area contributed by atoms with E-state index in [-0.39, 0.29) is 11.7 Å². The molecule has 1 heterocycles. The molecule has 6 heteroatoms. The average Bonchev–Trinajstić information content (AvgIpc) is 2.57. The smallest absolute Gasteiger partial charge is 0.236 e. The number of anilines is 2.